The molecule has 76 valence electrons. The van der Waals surface area contributed by atoms with Gasteiger partial charge in [-0.3, -0.25) is 0 Å². The van der Waals surface area contributed by atoms with Gasteiger partial charge in [-0.15, -0.1) is 0 Å². The van der Waals surface area contributed by atoms with E-state index in [0.717, 1.165) is 24.9 Å². The molecule has 3 nitrogen and oxygen atoms in total. The standard InChI is InChI=1S/C11H16N2O/c12-10-2-1-7-13-11(10)8-3-5-9(14)6-4-8/h3-6,10-11,13-14H,1-2,7,12H2. The van der Waals surface area contributed by atoms with E-state index in [1.54, 1.807) is 12.1 Å². The maximum Gasteiger partial charge on any atom is 0.115 e. The van der Waals surface area contributed by atoms with E-state index < -0.39 is 0 Å². The first kappa shape index (κ1) is 9.49. The number of rotatable bonds is 1. The lowest BCUT2D eigenvalue weighted by atomic mass is 9.93. The third-order valence-corrected chi connectivity index (χ3v) is 2.76. The predicted molar refractivity (Wildman–Crippen MR) is 56.1 cm³/mol. The highest BCUT2D eigenvalue weighted by Crippen LogP contribution is 2.23. The van der Waals surface area contributed by atoms with E-state index in [-0.39, 0.29) is 12.1 Å². The highest BCUT2D eigenvalue weighted by atomic mass is 16.3. The van der Waals surface area contributed by atoms with E-state index in [4.69, 9.17) is 10.8 Å². The fraction of sp³-hybridized carbons (Fsp3) is 0.455. The van der Waals surface area contributed by atoms with E-state index >= 15 is 0 Å². The number of hydrogen-bond acceptors (Lipinski definition) is 3. The minimum atomic E-state index is 0.188. The summed E-state index contributed by atoms with van der Waals surface area (Å²) in [4.78, 5) is 0. The number of nitrogens with one attached hydrogen (secondary N) is 1. The van der Waals surface area contributed by atoms with Gasteiger partial charge in [0.1, 0.15) is 5.75 Å². The van der Waals surface area contributed by atoms with Gasteiger partial charge < -0.3 is 16.2 Å². The first-order chi connectivity index (χ1) is 6.77. The van der Waals surface area contributed by atoms with Gasteiger partial charge in [0.05, 0.1) is 0 Å². The molecule has 2 atom stereocenters. The van der Waals surface area contributed by atoms with Gasteiger partial charge in [0, 0.05) is 12.1 Å². The molecular weight excluding hydrogens is 176 g/mol. The minimum absolute atomic E-state index is 0.188. The van der Waals surface area contributed by atoms with Crippen LogP contribution in [-0.2, 0) is 0 Å². The molecule has 14 heavy (non-hydrogen) atoms. The zero-order chi connectivity index (χ0) is 9.97. The summed E-state index contributed by atoms with van der Waals surface area (Å²) in [7, 11) is 0. The Balaban J connectivity index is 2.16. The number of aromatic hydroxyl groups is 1. The second-order valence-corrected chi connectivity index (χ2v) is 3.83. The molecule has 1 aromatic carbocycles. The third-order valence-electron chi connectivity index (χ3n) is 2.76. The maximum atomic E-state index is 9.17. The van der Waals surface area contributed by atoms with Crippen molar-refractivity contribution in [3.05, 3.63) is 29.8 Å². The molecule has 2 rings (SSSR count). The van der Waals surface area contributed by atoms with Crippen molar-refractivity contribution in [2.24, 2.45) is 5.73 Å². The lowest BCUT2D eigenvalue weighted by molar-refractivity contribution is 0.358. The summed E-state index contributed by atoms with van der Waals surface area (Å²) < 4.78 is 0. The first-order valence-electron chi connectivity index (χ1n) is 5.05. The van der Waals surface area contributed by atoms with Gasteiger partial charge in [0.15, 0.2) is 0 Å². The molecule has 0 saturated carbocycles. The largest absolute Gasteiger partial charge is 0.508 e. The van der Waals surface area contributed by atoms with E-state index in [2.05, 4.69) is 5.32 Å². The fourth-order valence-corrected chi connectivity index (χ4v) is 1.96. The molecular formula is C11H16N2O. The molecule has 1 fully saturated rings. The van der Waals surface area contributed by atoms with E-state index in [1.807, 2.05) is 12.1 Å². The smallest absolute Gasteiger partial charge is 0.115 e. The molecule has 0 spiro atoms. The zero-order valence-electron chi connectivity index (χ0n) is 8.11. The Hall–Kier alpha value is -1.06. The highest BCUT2D eigenvalue weighted by molar-refractivity contribution is 5.29. The Labute approximate surface area is 83.9 Å². The number of benzene rings is 1. The molecule has 3 heteroatoms. The van der Waals surface area contributed by atoms with Gasteiger partial charge in [0.25, 0.3) is 0 Å². The van der Waals surface area contributed by atoms with Gasteiger partial charge in [-0.25, -0.2) is 0 Å². The fourth-order valence-electron chi connectivity index (χ4n) is 1.96. The number of phenols is 1. The maximum absolute atomic E-state index is 9.17. The molecule has 4 N–H and O–H groups in total. The van der Waals surface area contributed by atoms with Crippen LogP contribution in [0, 0.1) is 0 Å². The molecule has 2 unspecified atom stereocenters. The average molecular weight is 192 g/mol. The quantitative estimate of drug-likeness (QED) is 0.625. The van der Waals surface area contributed by atoms with Crippen molar-refractivity contribution < 1.29 is 5.11 Å². The number of piperidine rings is 1. The van der Waals surface area contributed by atoms with E-state index in [1.165, 1.54) is 0 Å². The average Bonchev–Trinajstić information content (AvgIpc) is 2.20. The Kier molecular flexibility index (Phi) is 2.70. The number of hydrogen-bond donors (Lipinski definition) is 3. The van der Waals surface area contributed by atoms with Crippen LogP contribution in [0.25, 0.3) is 0 Å². The molecule has 1 aromatic rings. The number of nitrogens with two attached hydrogens (primary N) is 1. The molecule has 1 aliphatic rings. The van der Waals surface area contributed by atoms with Gasteiger partial charge >= 0.3 is 0 Å². The van der Waals surface area contributed by atoms with Crippen LogP contribution in [0.3, 0.4) is 0 Å². The van der Waals surface area contributed by atoms with Crippen LogP contribution in [0.4, 0.5) is 0 Å². The summed E-state index contributed by atoms with van der Waals surface area (Å²) in [5, 5.41) is 12.6. The van der Waals surface area contributed by atoms with Crippen molar-refractivity contribution in [3.8, 4) is 5.75 Å². The molecule has 0 aliphatic carbocycles. The van der Waals surface area contributed by atoms with Crippen LogP contribution in [0.2, 0.25) is 0 Å². The van der Waals surface area contributed by atoms with Crippen LogP contribution in [0.1, 0.15) is 24.4 Å². The van der Waals surface area contributed by atoms with Gasteiger partial charge in [0.2, 0.25) is 0 Å². The van der Waals surface area contributed by atoms with Crippen LogP contribution in [-0.4, -0.2) is 17.7 Å². The Bertz CT molecular complexity index is 297. The topological polar surface area (TPSA) is 58.3 Å². The van der Waals surface area contributed by atoms with Gasteiger partial charge in [-0.2, -0.15) is 0 Å². The Morgan fingerprint density at radius 3 is 2.64 bits per heavy atom. The van der Waals surface area contributed by atoms with Crippen LogP contribution in [0.15, 0.2) is 24.3 Å². The van der Waals surface area contributed by atoms with Crippen molar-refractivity contribution in [2.45, 2.75) is 24.9 Å². The zero-order valence-corrected chi connectivity index (χ0v) is 8.11. The molecule has 0 amide bonds. The summed E-state index contributed by atoms with van der Waals surface area (Å²) in [5.41, 5.74) is 7.19. The summed E-state index contributed by atoms with van der Waals surface area (Å²) in [6.07, 6.45) is 2.22. The Morgan fingerprint density at radius 2 is 2.00 bits per heavy atom. The second-order valence-electron chi connectivity index (χ2n) is 3.83. The summed E-state index contributed by atoms with van der Waals surface area (Å²) >= 11 is 0. The minimum Gasteiger partial charge on any atom is -0.508 e. The van der Waals surface area contributed by atoms with Crippen molar-refractivity contribution >= 4 is 0 Å². The highest BCUT2D eigenvalue weighted by Gasteiger charge is 2.22. The predicted octanol–water partition coefficient (Wildman–Crippen LogP) is 1.14. The van der Waals surface area contributed by atoms with Crippen LogP contribution in [0.5, 0.6) is 5.75 Å². The van der Waals surface area contributed by atoms with Crippen molar-refractivity contribution in [2.75, 3.05) is 6.54 Å². The second kappa shape index (κ2) is 3.98. The lowest BCUT2D eigenvalue weighted by Crippen LogP contribution is -2.42. The van der Waals surface area contributed by atoms with E-state index in [9.17, 15) is 0 Å². The Morgan fingerprint density at radius 1 is 1.29 bits per heavy atom. The van der Waals surface area contributed by atoms with Crippen LogP contribution < -0.4 is 11.1 Å². The molecule has 1 saturated heterocycles. The summed E-state index contributed by atoms with van der Waals surface area (Å²) in [6.45, 7) is 1.03. The normalized spacial score (nSPS) is 27.5. The van der Waals surface area contributed by atoms with Crippen molar-refractivity contribution in [1.29, 1.82) is 0 Å². The van der Waals surface area contributed by atoms with Gasteiger partial charge in [-0.1, -0.05) is 12.1 Å². The first-order valence-corrected chi connectivity index (χ1v) is 5.05. The van der Waals surface area contributed by atoms with E-state index in [0.29, 0.717) is 5.75 Å². The van der Waals surface area contributed by atoms with Crippen molar-refractivity contribution in [1.82, 2.24) is 5.32 Å². The molecule has 1 heterocycles. The number of phenolic OH excluding ortho intramolecular Hbond substituents is 1. The molecule has 0 aromatic heterocycles. The summed E-state index contributed by atoms with van der Waals surface area (Å²) in [5.74, 6) is 0.304. The molecule has 0 radical (unpaired) electrons. The third kappa shape index (κ3) is 1.89. The molecule has 0 bridgehead atoms. The van der Waals surface area contributed by atoms with Crippen LogP contribution >= 0.6 is 0 Å². The SMILES string of the molecule is NC1CCCNC1c1ccc(O)cc1. The van der Waals surface area contributed by atoms with Gasteiger partial charge in [-0.05, 0) is 37.1 Å². The van der Waals surface area contributed by atoms with Crippen molar-refractivity contribution in [3.63, 3.8) is 0 Å². The summed E-state index contributed by atoms with van der Waals surface area (Å²) in [6, 6.07) is 7.70. The monoisotopic (exact) mass is 192 g/mol. The molecule has 1 aliphatic heterocycles. The lowest BCUT2D eigenvalue weighted by Gasteiger charge is -2.30.